The topological polar surface area (TPSA) is 80.6 Å². The van der Waals surface area contributed by atoms with Gasteiger partial charge in [0.05, 0.1) is 11.4 Å². The molecular weight excluding hydrogens is 509 g/mol. The number of carbonyl (C=O) groups is 2. The molecule has 0 aliphatic carbocycles. The molecule has 8 nitrogen and oxygen atoms in total. The predicted octanol–water partition coefficient (Wildman–Crippen LogP) is 5.26. The smallest absolute Gasteiger partial charge is 0.410 e. The predicted molar refractivity (Wildman–Crippen MR) is 142 cm³/mol. The lowest BCUT2D eigenvalue weighted by atomic mass is 9.72. The lowest BCUT2D eigenvalue weighted by Gasteiger charge is -2.53. The lowest BCUT2D eigenvalue weighted by molar-refractivity contribution is -0.136. The van der Waals surface area contributed by atoms with Gasteiger partial charge in [0.2, 0.25) is 11.2 Å². The normalized spacial score (nSPS) is 16.9. The summed E-state index contributed by atoms with van der Waals surface area (Å²) in [5.74, 6) is -0.396. The molecule has 2 aliphatic rings. The molecule has 2 saturated heterocycles. The number of nitrogens with zero attached hydrogens (tertiary/aromatic N) is 5. The zero-order valence-electron chi connectivity index (χ0n) is 21.8. The minimum absolute atomic E-state index is 0.0295. The number of ether oxygens (including phenoxy) is 1. The molecule has 0 N–H and O–H groups in total. The van der Waals surface area contributed by atoms with E-state index in [0.29, 0.717) is 43.1 Å². The summed E-state index contributed by atoms with van der Waals surface area (Å²) in [4.78, 5) is 38.0. The van der Waals surface area contributed by atoms with Gasteiger partial charge in [0, 0.05) is 55.1 Å². The highest BCUT2D eigenvalue weighted by Crippen LogP contribution is 2.41. The first-order valence-corrected chi connectivity index (χ1v) is 13.1. The molecule has 2 fully saturated rings. The minimum atomic E-state index is -0.518. The Morgan fingerprint density at radius 3 is 2.24 bits per heavy atom. The zero-order valence-corrected chi connectivity index (χ0v) is 22.5. The molecule has 0 bridgehead atoms. The number of benzene rings is 1. The van der Waals surface area contributed by atoms with E-state index in [-0.39, 0.29) is 35.1 Å². The van der Waals surface area contributed by atoms with Crippen LogP contribution in [0.1, 0.15) is 33.6 Å². The van der Waals surface area contributed by atoms with Crippen molar-refractivity contribution in [3.8, 4) is 22.5 Å². The summed E-state index contributed by atoms with van der Waals surface area (Å²) in [6, 6.07) is 9.70. The maximum absolute atomic E-state index is 13.6. The van der Waals surface area contributed by atoms with Crippen molar-refractivity contribution >= 4 is 23.6 Å². The summed E-state index contributed by atoms with van der Waals surface area (Å²) < 4.78 is 20.7. The average molecular weight is 540 g/mol. The molecule has 2 aromatic heterocycles. The van der Waals surface area contributed by atoms with Gasteiger partial charge < -0.3 is 19.1 Å². The van der Waals surface area contributed by atoms with Crippen molar-refractivity contribution in [3.63, 3.8) is 0 Å². The third-order valence-corrected chi connectivity index (χ3v) is 7.46. The number of piperidine rings is 1. The summed E-state index contributed by atoms with van der Waals surface area (Å²) >= 11 is 6.57. The second-order valence-corrected chi connectivity index (χ2v) is 11.5. The molecule has 2 aliphatic heterocycles. The van der Waals surface area contributed by atoms with Crippen LogP contribution < -0.4 is 0 Å². The Morgan fingerprint density at radius 1 is 1.00 bits per heavy atom. The fourth-order valence-electron chi connectivity index (χ4n) is 5.18. The van der Waals surface area contributed by atoms with Crippen LogP contribution in [0.5, 0.6) is 0 Å². The molecule has 5 rings (SSSR count). The van der Waals surface area contributed by atoms with Crippen molar-refractivity contribution in [2.75, 3.05) is 26.2 Å². The van der Waals surface area contributed by atoms with E-state index in [1.165, 1.54) is 12.1 Å². The van der Waals surface area contributed by atoms with Gasteiger partial charge in [-0.05, 0) is 81.6 Å². The van der Waals surface area contributed by atoms with E-state index < -0.39 is 5.60 Å². The van der Waals surface area contributed by atoms with E-state index in [0.717, 1.165) is 18.4 Å². The van der Waals surface area contributed by atoms with Crippen molar-refractivity contribution in [3.05, 3.63) is 59.9 Å². The summed E-state index contributed by atoms with van der Waals surface area (Å²) in [5.41, 5.74) is 2.28. The molecule has 38 heavy (non-hydrogen) atoms. The maximum atomic E-state index is 13.6. The van der Waals surface area contributed by atoms with Crippen molar-refractivity contribution in [1.82, 2.24) is 24.3 Å². The van der Waals surface area contributed by atoms with E-state index >= 15 is 0 Å². The van der Waals surface area contributed by atoms with Crippen LogP contribution in [-0.2, 0) is 16.1 Å². The number of likely N-dealkylation sites (tertiary alicyclic amines) is 2. The molecule has 1 spiro atoms. The van der Waals surface area contributed by atoms with Crippen molar-refractivity contribution in [1.29, 1.82) is 0 Å². The van der Waals surface area contributed by atoms with Gasteiger partial charge >= 0.3 is 6.09 Å². The Labute approximate surface area is 226 Å². The SMILES string of the molecule is CC(C)(C)OC(=O)N1CC2(CCN(C(=O)Cn3c(Cl)nc(-c4ccc(F)cc4)c3-c3ccncc3)CC2)C1. The van der Waals surface area contributed by atoms with Gasteiger partial charge in [-0.2, -0.15) is 0 Å². The molecule has 200 valence electrons. The van der Waals surface area contributed by atoms with E-state index in [2.05, 4.69) is 9.97 Å². The third-order valence-electron chi connectivity index (χ3n) is 7.17. The highest BCUT2D eigenvalue weighted by molar-refractivity contribution is 6.29. The molecule has 0 atom stereocenters. The molecule has 0 saturated carbocycles. The lowest BCUT2D eigenvalue weighted by Crippen LogP contribution is -2.62. The quantitative estimate of drug-likeness (QED) is 0.451. The van der Waals surface area contributed by atoms with Gasteiger partial charge in [0.1, 0.15) is 18.0 Å². The highest BCUT2D eigenvalue weighted by Gasteiger charge is 2.48. The van der Waals surface area contributed by atoms with Crippen LogP contribution in [-0.4, -0.2) is 68.1 Å². The first-order chi connectivity index (χ1) is 18.0. The Balaban J connectivity index is 1.29. The summed E-state index contributed by atoms with van der Waals surface area (Å²) in [7, 11) is 0. The number of halogens is 2. The van der Waals surface area contributed by atoms with Crippen LogP contribution in [0.2, 0.25) is 5.28 Å². The summed E-state index contributed by atoms with van der Waals surface area (Å²) in [6.07, 6.45) is 4.71. The highest BCUT2D eigenvalue weighted by atomic mass is 35.5. The fourth-order valence-corrected chi connectivity index (χ4v) is 5.41. The van der Waals surface area contributed by atoms with Crippen molar-refractivity contribution in [2.45, 2.75) is 45.8 Å². The van der Waals surface area contributed by atoms with Crippen LogP contribution in [0, 0.1) is 11.2 Å². The Hall–Kier alpha value is -3.46. The van der Waals surface area contributed by atoms with Gasteiger partial charge in [0.25, 0.3) is 0 Å². The van der Waals surface area contributed by atoms with Crippen LogP contribution in [0.4, 0.5) is 9.18 Å². The van der Waals surface area contributed by atoms with Gasteiger partial charge in [0.15, 0.2) is 0 Å². The van der Waals surface area contributed by atoms with Gasteiger partial charge in [-0.3, -0.25) is 9.78 Å². The first-order valence-electron chi connectivity index (χ1n) is 12.7. The third kappa shape index (κ3) is 5.38. The molecule has 10 heteroatoms. The molecule has 0 radical (unpaired) electrons. The second-order valence-electron chi connectivity index (χ2n) is 11.1. The number of rotatable bonds is 4. The van der Waals surface area contributed by atoms with Crippen LogP contribution in [0.25, 0.3) is 22.5 Å². The van der Waals surface area contributed by atoms with Crippen molar-refractivity contribution < 1.29 is 18.7 Å². The number of aromatic nitrogens is 3. The van der Waals surface area contributed by atoms with Crippen LogP contribution in [0.15, 0.2) is 48.8 Å². The van der Waals surface area contributed by atoms with Gasteiger partial charge in [-0.1, -0.05) is 0 Å². The minimum Gasteiger partial charge on any atom is -0.444 e. The molecule has 4 heterocycles. The fraction of sp³-hybridized carbons (Fsp3) is 0.429. The van der Waals surface area contributed by atoms with Crippen LogP contribution >= 0.6 is 11.6 Å². The Morgan fingerprint density at radius 2 is 1.63 bits per heavy atom. The number of pyridine rings is 1. The molecule has 2 amide bonds. The first kappa shape index (κ1) is 26.2. The number of carbonyl (C=O) groups excluding carboxylic acids is 2. The molecular formula is C28H31ClFN5O3. The summed E-state index contributed by atoms with van der Waals surface area (Å²) in [5, 5.41) is 0.185. The second kappa shape index (κ2) is 10.0. The average Bonchev–Trinajstić information content (AvgIpc) is 3.18. The standard InChI is InChI=1S/C28H31ClFN5O3/c1-27(2,3)38-26(37)34-17-28(18-34)10-14-33(15-11-28)22(36)16-35-24(20-8-12-31-13-9-20)23(32-25(35)29)19-4-6-21(30)7-5-19/h4-9,12-13H,10-11,14-18H2,1-3H3. The Bertz CT molecular complexity index is 1320. The largest absolute Gasteiger partial charge is 0.444 e. The molecule has 0 unspecified atom stereocenters. The van der Waals surface area contributed by atoms with E-state index in [4.69, 9.17) is 16.3 Å². The van der Waals surface area contributed by atoms with Gasteiger partial charge in [-0.15, -0.1) is 0 Å². The summed E-state index contributed by atoms with van der Waals surface area (Å²) in [6.45, 7) is 8.15. The van der Waals surface area contributed by atoms with Crippen molar-refractivity contribution in [2.24, 2.45) is 5.41 Å². The molecule has 1 aromatic carbocycles. The van der Waals surface area contributed by atoms with E-state index in [1.807, 2.05) is 37.8 Å². The van der Waals surface area contributed by atoms with Crippen LogP contribution in [0.3, 0.4) is 0 Å². The van der Waals surface area contributed by atoms with Gasteiger partial charge in [-0.25, -0.2) is 14.2 Å². The number of imidazole rings is 1. The maximum Gasteiger partial charge on any atom is 0.410 e. The number of hydrogen-bond donors (Lipinski definition) is 0. The van der Waals surface area contributed by atoms with E-state index in [9.17, 15) is 14.0 Å². The van der Waals surface area contributed by atoms with E-state index in [1.54, 1.807) is 34.0 Å². The number of amides is 2. The monoisotopic (exact) mass is 539 g/mol. The number of hydrogen-bond acceptors (Lipinski definition) is 5. The zero-order chi connectivity index (χ0) is 27.1. The molecule has 3 aromatic rings. The Kier molecular flexibility index (Phi) is 6.90.